The Morgan fingerprint density at radius 2 is 1.58 bits per heavy atom. The highest BCUT2D eigenvalue weighted by Gasteiger charge is 1.96. The Hall–Kier alpha value is -1.65. The van der Waals surface area contributed by atoms with Crippen LogP contribution in [0.5, 0.6) is 0 Å². The van der Waals surface area contributed by atoms with E-state index in [4.69, 9.17) is 0 Å². The predicted molar refractivity (Wildman–Crippen MR) is 84.1 cm³/mol. The van der Waals surface area contributed by atoms with Crippen molar-refractivity contribution in [1.82, 2.24) is 0 Å². The largest absolute Gasteiger partial charge is 0.322 e. The van der Waals surface area contributed by atoms with Gasteiger partial charge in [0, 0.05) is 16.7 Å². The molecule has 0 aliphatic heterocycles. The molecule has 0 unspecified atom stereocenters. The van der Waals surface area contributed by atoms with Gasteiger partial charge in [-0.3, -0.25) is 4.79 Å². The van der Waals surface area contributed by atoms with Gasteiger partial charge < -0.3 is 5.32 Å². The van der Waals surface area contributed by atoms with Crippen molar-refractivity contribution in [2.45, 2.75) is 4.90 Å². The SMILES string of the molecule is O=C(/C=C/SSc1ccccc1)Nc1ccccc1. The Balaban J connectivity index is 1.75. The van der Waals surface area contributed by atoms with Gasteiger partial charge in [-0.1, -0.05) is 58.0 Å². The summed E-state index contributed by atoms with van der Waals surface area (Å²) in [6.07, 6.45) is 1.54. The molecule has 0 spiro atoms. The van der Waals surface area contributed by atoms with E-state index in [0.29, 0.717) is 0 Å². The maximum atomic E-state index is 11.6. The van der Waals surface area contributed by atoms with Gasteiger partial charge in [0.15, 0.2) is 0 Å². The third-order valence-corrected chi connectivity index (χ3v) is 4.21. The van der Waals surface area contributed by atoms with Gasteiger partial charge >= 0.3 is 0 Å². The fourth-order valence-electron chi connectivity index (χ4n) is 1.35. The van der Waals surface area contributed by atoms with Crippen molar-refractivity contribution < 1.29 is 4.79 Å². The lowest BCUT2D eigenvalue weighted by atomic mass is 10.3. The molecule has 0 saturated carbocycles. The van der Waals surface area contributed by atoms with Crippen LogP contribution in [0.25, 0.3) is 0 Å². The average molecular weight is 287 g/mol. The molecular formula is C15H13NOS2. The Labute approximate surface area is 120 Å². The fraction of sp³-hybridized carbons (Fsp3) is 0. The molecule has 2 nitrogen and oxygen atoms in total. The van der Waals surface area contributed by atoms with E-state index in [1.807, 2.05) is 60.7 Å². The van der Waals surface area contributed by atoms with E-state index in [0.717, 1.165) is 5.69 Å². The first kappa shape index (κ1) is 13.8. The summed E-state index contributed by atoms with van der Waals surface area (Å²) in [7, 11) is 3.14. The molecule has 1 N–H and O–H groups in total. The molecule has 1 amide bonds. The monoisotopic (exact) mass is 287 g/mol. The number of carbonyl (C=O) groups excluding carboxylic acids is 1. The standard InChI is InChI=1S/C15H13NOS2/c17-15(16-13-7-3-1-4-8-13)11-12-18-19-14-9-5-2-6-10-14/h1-12H,(H,16,17)/b12-11+. The Morgan fingerprint density at radius 3 is 2.26 bits per heavy atom. The molecule has 96 valence electrons. The minimum atomic E-state index is -0.118. The van der Waals surface area contributed by atoms with Crippen molar-refractivity contribution in [3.8, 4) is 0 Å². The molecule has 0 bridgehead atoms. The Kier molecular flexibility index (Phi) is 5.59. The van der Waals surface area contributed by atoms with Crippen molar-refractivity contribution in [2.24, 2.45) is 0 Å². The van der Waals surface area contributed by atoms with Crippen LogP contribution in [-0.2, 0) is 4.79 Å². The minimum absolute atomic E-state index is 0.118. The van der Waals surface area contributed by atoms with E-state index in [2.05, 4.69) is 5.32 Å². The third-order valence-electron chi connectivity index (χ3n) is 2.20. The van der Waals surface area contributed by atoms with E-state index >= 15 is 0 Å². The normalized spacial score (nSPS) is 10.5. The summed E-state index contributed by atoms with van der Waals surface area (Å²) in [6.45, 7) is 0. The second-order valence-electron chi connectivity index (χ2n) is 3.65. The summed E-state index contributed by atoms with van der Waals surface area (Å²) in [5.74, 6) is -0.118. The fourth-order valence-corrected chi connectivity index (χ4v) is 2.97. The van der Waals surface area contributed by atoms with Gasteiger partial charge in [-0.15, -0.1) is 0 Å². The summed E-state index contributed by atoms with van der Waals surface area (Å²) in [5.41, 5.74) is 0.804. The van der Waals surface area contributed by atoms with Crippen LogP contribution in [0.4, 0.5) is 5.69 Å². The van der Waals surface area contributed by atoms with Crippen molar-refractivity contribution in [1.29, 1.82) is 0 Å². The van der Waals surface area contributed by atoms with Crippen LogP contribution in [-0.4, -0.2) is 5.91 Å². The van der Waals surface area contributed by atoms with E-state index in [9.17, 15) is 4.79 Å². The number of para-hydroxylation sites is 1. The van der Waals surface area contributed by atoms with Crippen LogP contribution in [0.15, 0.2) is 77.0 Å². The number of carbonyl (C=O) groups is 1. The molecule has 0 aliphatic rings. The Bertz CT molecular complexity index is 541. The predicted octanol–water partition coefficient (Wildman–Crippen LogP) is 4.58. The molecule has 0 atom stereocenters. The minimum Gasteiger partial charge on any atom is -0.322 e. The number of rotatable bonds is 5. The van der Waals surface area contributed by atoms with Crippen molar-refractivity contribution >= 4 is 33.2 Å². The zero-order chi connectivity index (χ0) is 13.3. The van der Waals surface area contributed by atoms with Gasteiger partial charge in [0.1, 0.15) is 0 Å². The summed E-state index contributed by atoms with van der Waals surface area (Å²) in [4.78, 5) is 12.8. The van der Waals surface area contributed by atoms with Gasteiger partial charge in [0.2, 0.25) is 5.91 Å². The highest BCUT2D eigenvalue weighted by atomic mass is 33.1. The second-order valence-corrected chi connectivity index (χ2v) is 5.83. The third kappa shape index (κ3) is 5.24. The number of anilines is 1. The number of benzene rings is 2. The van der Waals surface area contributed by atoms with Crippen LogP contribution in [0.2, 0.25) is 0 Å². The highest BCUT2D eigenvalue weighted by molar-refractivity contribution is 8.77. The number of hydrogen-bond acceptors (Lipinski definition) is 3. The molecule has 19 heavy (non-hydrogen) atoms. The quantitative estimate of drug-likeness (QED) is 0.644. The van der Waals surface area contributed by atoms with Gasteiger partial charge in [0.05, 0.1) is 0 Å². The number of nitrogens with one attached hydrogen (secondary N) is 1. The van der Waals surface area contributed by atoms with Crippen LogP contribution in [0.3, 0.4) is 0 Å². The maximum absolute atomic E-state index is 11.6. The van der Waals surface area contributed by atoms with Crippen LogP contribution >= 0.6 is 21.6 Å². The van der Waals surface area contributed by atoms with Gasteiger partial charge in [-0.2, -0.15) is 0 Å². The highest BCUT2D eigenvalue weighted by Crippen LogP contribution is 2.31. The van der Waals surface area contributed by atoms with Gasteiger partial charge in [-0.05, 0) is 29.7 Å². The second kappa shape index (κ2) is 7.71. The number of amides is 1. The molecule has 0 saturated heterocycles. The van der Waals surface area contributed by atoms with Gasteiger partial charge in [-0.25, -0.2) is 0 Å². The summed E-state index contributed by atoms with van der Waals surface area (Å²) < 4.78 is 0. The molecule has 0 aliphatic carbocycles. The molecule has 0 fully saturated rings. The van der Waals surface area contributed by atoms with E-state index in [1.54, 1.807) is 16.2 Å². The lowest BCUT2D eigenvalue weighted by Gasteiger charge is -2.00. The van der Waals surface area contributed by atoms with E-state index in [-0.39, 0.29) is 5.91 Å². The van der Waals surface area contributed by atoms with E-state index < -0.39 is 0 Å². The lowest BCUT2D eigenvalue weighted by Crippen LogP contribution is -2.06. The molecule has 0 heterocycles. The summed E-state index contributed by atoms with van der Waals surface area (Å²) in [6, 6.07) is 19.5. The summed E-state index contributed by atoms with van der Waals surface area (Å²) >= 11 is 0. The Morgan fingerprint density at radius 1 is 0.947 bits per heavy atom. The van der Waals surface area contributed by atoms with Crippen molar-refractivity contribution in [3.63, 3.8) is 0 Å². The number of hydrogen-bond donors (Lipinski definition) is 1. The maximum Gasteiger partial charge on any atom is 0.248 e. The first-order chi connectivity index (χ1) is 9.34. The molecule has 0 radical (unpaired) electrons. The summed E-state index contributed by atoms with van der Waals surface area (Å²) in [5, 5.41) is 4.58. The topological polar surface area (TPSA) is 29.1 Å². The first-order valence-corrected chi connectivity index (χ1v) is 7.97. The van der Waals surface area contributed by atoms with Crippen LogP contribution in [0, 0.1) is 0 Å². The zero-order valence-electron chi connectivity index (χ0n) is 10.2. The van der Waals surface area contributed by atoms with Gasteiger partial charge in [0.25, 0.3) is 0 Å². The average Bonchev–Trinajstić information content (AvgIpc) is 2.46. The van der Waals surface area contributed by atoms with Crippen molar-refractivity contribution in [3.05, 3.63) is 72.1 Å². The zero-order valence-corrected chi connectivity index (χ0v) is 11.8. The molecule has 2 aromatic rings. The first-order valence-electron chi connectivity index (χ1n) is 5.75. The van der Waals surface area contributed by atoms with Crippen LogP contribution in [0.1, 0.15) is 0 Å². The molecule has 0 aromatic heterocycles. The van der Waals surface area contributed by atoms with Crippen molar-refractivity contribution in [2.75, 3.05) is 5.32 Å². The lowest BCUT2D eigenvalue weighted by molar-refractivity contribution is -0.111. The molecule has 2 rings (SSSR count). The van der Waals surface area contributed by atoms with E-state index in [1.165, 1.54) is 21.8 Å². The smallest absolute Gasteiger partial charge is 0.248 e. The molecule has 2 aromatic carbocycles. The van der Waals surface area contributed by atoms with Crippen LogP contribution < -0.4 is 5.32 Å². The molecular weight excluding hydrogens is 274 g/mol. The molecule has 4 heteroatoms.